The number of carbonyl (C=O) groups is 2. The molecule has 0 saturated heterocycles. The van der Waals surface area contributed by atoms with Gasteiger partial charge in [-0.2, -0.15) is 0 Å². The molecule has 0 aliphatic carbocycles. The van der Waals surface area contributed by atoms with Crippen molar-refractivity contribution in [3.63, 3.8) is 0 Å². The highest BCUT2D eigenvalue weighted by Crippen LogP contribution is 2.17. The van der Waals surface area contributed by atoms with Crippen LogP contribution in [0.5, 0.6) is 0 Å². The van der Waals surface area contributed by atoms with Gasteiger partial charge >= 0.3 is 11.7 Å². The fourth-order valence-corrected chi connectivity index (χ4v) is 4.12. The Kier molecular flexibility index (Phi) is 8.35. The fraction of sp³-hybridized carbons (Fsp3) is 0.348. The van der Waals surface area contributed by atoms with Crippen LogP contribution in [0.25, 0.3) is 11.0 Å². The number of carbonyl (C=O) groups excluding carboxylic acids is 2. The van der Waals surface area contributed by atoms with Crippen LogP contribution >= 0.6 is 11.8 Å². The second kappa shape index (κ2) is 11.4. The average molecular weight is 442 g/mol. The number of amides is 1. The number of aryl methyl sites for hydroxylation is 1. The molecule has 0 spiro atoms. The summed E-state index contributed by atoms with van der Waals surface area (Å²) in [6.07, 6.45) is 1.62. The number of nitrogens with zero attached hydrogens (tertiary/aromatic N) is 2. The molecule has 0 bridgehead atoms. The summed E-state index contributed by atoms with van der Waals surface area (Å²) in [6.45, 7) is 2.50. The normalized spacial score (nSPS) is 10.9. The number of para-hydroxylation sites is 2. The topological polar surface area (TPSA) is 82.3 Å². The third kappa shape index (κ3) is 6.24. The lowest BCUT2D eigenvalue weighted by Crippen LogP contribution is -2.32. The van der Waals surface area contributed by atoms with Gasteiger partial charge in [-0.15, -0.1) is 11.8 Å². The first-order valence-corrected chi connectivity index (χ1v) is 11.4. The second-order valence-electron chi connectivity index (χ2n) is 7.03. The molecular weight excluding hydrogens is 414 g/mol. The Morgan fingerprint density at radius 2 is 1.68 bits per heavy atom. The third-order valence-electron chi connectivity index (χ3n) is 4.68. The molecule has 0 saturated carbocycles. The molecule has 0 aliphatic rings. The minimum absolute atomic E-state index is 0.225. The number of aromatic nitrogens is 2. The Morgan fingerprint density at radius 3 is 2.39 bits per heavy atom. The van der Waals surface area contributed by atoms with Crippen LogP contribution in [0.2, 0.25) is 0 Å². The van der Waals surface area contributed by atoms with Gasteiger partial charge in [0.2, 0.25) is 0 Å². The van der Waals surface area contributed by atoms with E-state index in [1.165, 1.54) is 9.46 Å². The molecule has 0 aliphatic heterocycles. The highest BCUT2D eigenvalue weighted by atomic mass is 32.2. The van der Waals surface area contributed by atoms with Crippen molar-refractivity contribution in [2.24, 2.45) is 0 Å². The Hall–Kier alpha value is -3.00. The van der Waals surface area contributed by atoms with E-state index in [-0.39, 0.29) is 24.7 Å². The Bertz CT molecular complexity index is 1080. The summed E-state index contributed by atoms with van der Waals surface area (Å²) in [5, 5.41) is 2.75. The van der Waals surface area contributed by atoms with Crippen LogP contribution in [0.1, 0.15) is 19.8 Å². The number of ether oxygens (including phenoxy) is 1. The summed E-state index contributed by atoms with van der Waals surface area (Å²) < 4.78 is 8.13. The van der Waals surface area contributed by atoms with Crippen LogP contribution < -0.4 is 11.0 Å². The van der Waals surface area contributed by atoms with E-state index in [9.17, 15) is 14.4 Å². The number of imidazole rings is 1. The molecule has 1 heterocycles. The summed E-state index contributed by atoms with van der Waals surface area (Å²) in [5.41, 5.74) is 1.21. The Morgan fingerprint density at radius 1 is 1.00 bits per heavy atom. The Balaban J connectivity index is 1.43. The number of rotatable bonds is 11. The lowest BCUT2D eigenvalue weighted by atomic mass is 10.3. The Labute approximate surface area is 185 Å². The van der Waals surface area contributed by atoms with Gasteiger partial charge in [0.1, 0.15) is 6.54 Å². The van der Waals surface area contributed by atoms with Gasteiger partial charge in [-0.05, 0) is 42.9 Å². The minimum atomic E-state index is -0.615. The predicted octanol–water partition coefficient (Wildman–Crippen LogP) is 3.05. The summed E-state index contributed by atoms with van der Waals surface area (Å²) in [6, 6.07) is 17.4. The molecule has 1 aromatic heterocycles. The van der Waals surface area contributed by atoms with Crippen molar-refractivity contribution in [3.05, 3.63) is 65.1 Å². The molecular formula is C23H27N3O4S. The molecule has 0 radical (unpaired) electrons. The van der Waals surface area contributed by atoms with Crippen LogP contribution in [0.15, 0.2) is 64.3 Å². The maximum Gasteiger partial charge on any atom is 0.329 e. The lowest BCUT2D eigenvalue weighted by molar-refractivity contribution is -0.149. The van der Waals surface area contributed by atoms with Crippen molar-refractivity contribution in [3.8, 4) is 0 Å². The highest BCUT2D eigenvalue weighted by Gasteiger charge is 2.16. The third-order valence-corrected chi connectivity index (χ3v) is 5.78. The number of nitrogens with one attached hydrogen (secondary N) is 1. The molecule has 3 rings (SSSR count). The van der Waals surface area contributed by atoms with E-state index in [1.54, 1.807) is 22.4 Å². The lowest BCUT2D eigenvalue weighted by Gasteiger charge is -2.07. The maximum atomic E-state index is 12.7. The zero-order valence-corrected chi connectivity index (χ0v) is 18.4. The predicted molar refractivity (Wildman–Crippen MR) is 122 cm³/mol. The number of fused-ring (bicyclic) bond motifs is 1. The summed E-state index contributed by atoms with van der Waals surface area (Å²) in [5.74, 6) is -0.0791. The van der Waals surface area contributed by atoms with Gasteiger partial charge in [0.05, 0.1) is 11.0 Å². The minimum Gasteiger partial charge on any atom is -0.454 e. The van der Waals surface area contributed by atoms with E-state index in [1.807, 2.05) is 55.5 Å². The quantitative estimate of drug-likeness (QED) is 0.281. The van der Waals surface area contributed by atoms with Gasteiger partial charge in [-0.25, -0.2) is 4.79 Å². The molecule has 31 heavy (non-hydrogen) atoms. The van der Waals surface area contributed by atoms with Gasteiger partial charge in [0.15, 0.2) is 6.61 Å². The zero-order valence-electron chi connectivity index (χ0n) is 17.6. The van der Waals surface area contributed by atoms with E-state index in [0.717, 1.165) is 24.1 Å². The first-order valence-electron chi connectivity index (χ1n) is 10.4. The van der Waals surface area contributed by atoms with Gasteiger partial charge < -0.3 is 10.1 Å². The van der Waals surface area contributed by atoms with E-state index in [0.29, 0.717) is 18.6 Å². The first-order chi connectivity index (χ1) is 15.1. The van der Waals surface area contributed by atoms with Crippen molar-refractivity contribution >= 4 is 34.7 Å². The molecule has 0 atom stereocenters. The number of esters is 1. The molecule has 0 fully saturated rings. The number of hydrogen-bond acceptors (Lipinski definition) is 5. The van der Waals surface area contributed by atoms with Gasteiger partial charge in [-0.3, -0.25) is 18.7 Å². The fourth-order valence-electron chi connectivity index (χ4n) is 3.24. The van der Waals surface area contributed by atoms with Crippen molar-refractivity contribution in [2.45, 2.75) is 37.8 Å². The molecule has 1 N–H and O–H groups in total. The van der Waals surface area contributed by atoms with Gasteiger partial charge in [0, 0.05) is 18.0 Å². The van der Waals surface area contributed by atoms with Crippen LogP contribution in [-0.2, 0) is 27.4 Å². The molecule has 1 amide bonds. The van der Waals surface area contributed by atoms with Crippen molar-refractivity contribution in [1.29, 1.82) is 0 Å². The molecule has 0 unspecified atom stereocenters. The first kappa shape index (κ1) is 22.7. The molecule has 3 aromatic rings. The summed E-state index contributed by atoms with van der Waals surface area (Å²) >= 11 is 1.73. The van der Waals surface area contributed by atoms with Gasteiger partial charge in [-0.1, -0.05) is 37.3 Å². The van der Waals surface area contributed by atoms with Crippen molar-refractivity contribution < 1.29 is 14.3 Å². The van der Waals surface area contributed by atoms with Crippen molar-refractivity contribution in [2.75, 3.05) is 18.9 Å². The van der Waals surface area contributed by atoms with Crippen LogP contribution in [0, 0.1) is 0 Å². The van der Waals surface area contributed by atoms with Crippen LogP contribution in [0.4, 0.5) is 0 Å². The molecule has 8 heteroatoms. The molecule has 7 nitrogen and oxygen atoms in total. The standard InChI is InChI=1S/C23H27N3O4S/c1-2-14-25-19-11-6-7-12-20(19)26(23(25)29)16-22(28)30-17-21(27)24-13-8-15-31-18-9-4-3-5-10-18/h3-7,9-12H,2,8,13-17H2,1H3,(H,24,27). The van der Waals surface area contributed by atoms with E-state index >= 15 is 0 Å². The number of hydrogen-bond donors (Lipinski definition) is 1. The van der Waals surface area contributed by atoms with Crippen molar-refractivity contribution in [1.82, 2.24) is 14.5 Å². The van der Waals surface area contributed by atoms with E-state index in [4.69, 9.17) is 4.74 Å². The van der Waals surface area contributed by atoms with Gasteiger partial charge in [0.25, 0.3) is 5.91 Å². The monoisotopic (exact) mass is 441 g/mol. The molecule has 2 aromatic carbocycles. The van der Waals surface area contributed by atoms with Crippen LogP contribution in [0.3, 0.4) is 0 Å². The largest absolute Gasteiger partial charge is 0.454 e. The number of benzene rings is 2. The van der Waals surface area contributed by atoms with Crippen LogP contribution in [-0.4, -0.2) is 39.9 Å². The zero-order chi connectivity index (χ0) is 22.1. The second-order valence-corrected chi connectivity index (χ2v) is 8.20. The van der Waals surface area contributed by atoms with E-state index in [2.05, 4.69) is 5.32 Å². The SMILES string of the molecule is CCCn1c(=O)n(CC(=O)OCC(=O)NCCCSc2ccccc2)c2ccccc21. The summed E-state index contributed by atoms with van der Waals surface area (Å²) in [7, 11) is 0. The average Bonchev–Trinajstić information content (AvgIpc) is 3.04. The smallest absolute Gasteiger partial charge is 0.329 e. The van der Waals surface area contributed by atoms with E-state index < -0.39 is 5.97 Å². The summed E-state index contributed by atoms with van der Waals surface area (Å²) in [4.78, 5) is 38.1. The number of thioether (sulfide) groups is 1. The maximum absolute atomic E-state index is 12.7. The molecule has 164 valence electrons. The highest BCUT2D eigenvalue weighted by molar-refractivity contribution is 7.99.